The van der Waals surface area contributed by atoms with Gasteiger partial charge in [0.2, 0.25) is 0 Å². The Kier molecular flexibility index (Phi) is 9.17. The van der Waals surface area contributed by atoms with Crippen LogP contribution in [0.5, 0.6) is 17.2 Å². The summed E-state index contributed by atoms with van der Waals surface area (Å²) in [5, 5.41) is 0. The Morgan fingerprint density at radius 2 is 2.02 bits per heavy atom. The highest BCUT2D eigenvalue weighted by atomic mass is 79.9. The van der Waals surface area contributed by atoms with Crippen LogP contribution in [0.4, 0.5) is 0 Å². The highest BCUT2D eigenvalue weighted by Crippen LogP contribution is 2.37. The minimum atomic E-state index is -0.804. The van der Waals surface area contributed by atoms with Crippen molar-refractivity contribution in [3.05, 3.63) is 83.0 Å². The molecule has 10 heteroatoms. The number of hydrogen-bond acceptors (Lipinski definition) is 8. The summed E-state index contributed by atoms with van der Waals surface area (Å²) in [6.45, 7) is 7.52. The number of ether oxygens (including phenoxy) is 4. The van der Waals surface area contributed by atoms with Crippen LogP contribution in [0.1, 0.15) is 44.9 Å². The average Bonchev–Trinajstić information content (AvgIpc) is 3.21. The van der Waals surface area contributed by atoms with Gasteiger partial charge >= 0.3 is 5.97 Å². The van der Waals surface area contributed by atoms with Crippen LogP contribution in [0.15, 0.2) is 61.9 Å². The maximum Gasteiger partial charge on any atom is 0.338 e. The molecular formula is C30H29BrN2O6S. The van der Waals surface area contributed by atoms with E-state index in [0.29, 0.717) is 43.4 Å². The van der Waals surface area contributed by atoms with E-state index in [1.165, 1.54) is 23.0 Å². The second-order valence-electron chi connectivity index (χ2n) is 9.03. The van der Waals surface area contributed by atoms with Crippen LogP contribution in [-0.4, -0.2) is 37.0 Å². The number of carbonyl (C=O) groups excluding carboxylic acids is 1. The Balaban J connectivity index is 2.00. The number of aromatic nitrogens is 1. The van der Waals surface area contributed by atoms with E-state index in [-0.39, 0.29) is 30.5 Å². The van der Waals surface area contributed by atoms with Gasteiger partial charge in [0, 0.05) is 15.6 Å². The summed E-state index contributed by atoms with van der Waals surface area (Å²) in [6.07, 6.45) is 7.01. The monoisotopic (exact) mass is 624 g/mol. The maximum absolute atomic E-state index is 14.1. The molecule has 3 aromatic rings. The molecule has 0 spiro atoms. The minimum absolute atomic E-state index is 0.0226. The lowest BCUT2D eigenvalue weighted by molar-refractivity contribution is -0.139. The Morgan fingerprint density at radius 1 is 1.27 bits per heavy atom. The number of allylic oxidation sites excluding steroid dienone is 1. The number of carbonyl (C=O) groups is 1. The second kappa shape index (κ2) is 12.6. The molecular weight excluding hydrogens is 596 g/mol. The van der Waals surface area contributed by atoms with Gasteiger partial charge in [0.15, 0.2) is 16.3 Å². The molecule has 0 unspecified atom stereocenters. The molecule has 1 atom stereocenters. The number of nitrogens with zero attached hydrogens (tertiary/aromatic N) is 2. The Morgan fingerprint density at radius 3 is 2.70 bits per heavy atom. The summed E-state index contributed by atoms with van der Waals surface area (Å²) in [4.78, 5) is 32.4. The van der Waals surface area contributed by atoms with E-state index in [1.54, 1.807) is 26.0 Å². The second-order valence-corrected chi connectivity index (χ2v) is 11.0. The molecule has 0 bridgehead atoms. The number of benzene rings is 2. The third-order valence-electron chi connectivity index (χ3n) is 5.95. The first kappa shape index (κ1) is 29.2. The fraction of sp³-hybridized carbons (Fsp3) is 0.300. The zero-order valence-corrected chi connectivity index (χ0v) is 25.2. The van der Waals surface area contributed by atoms with Gasteiger partial charge in [-0.05, 0) is 52.0 Å². The molecule has 0 saturated heterocycles. The van der Waals surface area contributed by atoms with Crippen LogP contribution >= 0.6 is 27.3 Å². The number of para-hydroxylation sites is 1. The molecule has 0 radical (unpaired) electrons. The third-order valence-corrected chi connectivity index (χ3v) is 7.39. The fourth-order valence-electron chi connectivity index (χ4n) is 4.41. The van der Waals surface area contributed by atoms with E-state index in [1.807, 2.05) is 44.2 Å². The standard InChI is InChI=1S/C30H29BrN2O6S/c1-7-13-38-27-19(14-20(31)16-23(27)36-6)15-24-28(34)33-26(21-11-9-10-12-22(21)39-17(3)4)25(29(35)37-8-2)18(5)32-30(33)40-24/h1,9-12,14-17,26H,8,13H2,2-6H3/b24-15-/t26-/m0/s1. The number of esters is 1. The van der Waals surface area contributed by atoms with Gasteiger partial charge in [-0.2, -0.15) is 0 Å². The summed E-state index contributed by atoms with van der Waals surface area (Å²) in [6, 6.07) is 10.1. The molecule has 0 fully saturated rings. The quantitative estimate of drug-likeness (QED) is 0.260. The first-order valence-corrected chi connectivity index (χ1v) is 14.2. The number of thiazole rings is 1. The molecule has 8 nitrogen and oxygen atoms in total. The Labute approximate surface area is 244 Å². The predicted molar refractivity (Wildman–Crippen MR) is 158 cm³/mol. The molecule has 40 heavy (non-hydrogen) atoms. The molecule has 208 valence electrons. The Bertz CT molecular complexity index is 1700. The highest BCUT2D eigenvalue weighted by Gasteiger charge is 2.35. The van der Waals surface area contributed by atoms with Gasteiger partial charge in [-0.15, -0.1) is 6.42 Å². The van der Waals surface area contributed by atoms with Crippen molar-refractivity contribution in [1.82, 2.24) is 4.57 Å². The first-order chi connectivity index (χ1) is 19.2. The fourth-order valence-corrected chi connectivity index (χ4v) is 5.90. The zero-order valence-electron chi connectivity index (χ0n) is 22.8. The molecule has 0 N–H and O–H groups in total. The van der Waals surface area contributed by atoms with Crippen molar-refractivity contribution >= 4 is 39.3 Å². The van der Waals surface area contributed by atoms with E-state index >= 15 is 0 Å². The smallest absolute Gasteiger partial charge is 0.338 e. The van der Waals surface area contributed by atoms with Crippen molar-refractivity contribution in [2.24, 2.45) is 4.99 Å². The summed E-state index contributed by atoms with van der Waals surface area (Å²) < 4.78 is 25.4. The van der Waals surface area contributed by atoms with E-state index in [2.05, 4.69) is 26.8 Å². The van der Waals surface area contributed by atoms with E-state index < -0.39 is 12.0 Å². The van der Waals surface area contributed by atoms with Crippen LogP contribution in [0.2, 0.25) is 0 Å². The highest BCUT2D eigenvalue weighted by molar-refractivity contribution is 9.10. The number of methoxy groups -OCH3 is 1. The molecule has 2 aromatic carbocycles. The van der Waals surface area contributed by atoms with E-state index in [0.717, 1.165) is 4.47 Å². The largest absolute Gasteiger partial charge is 0.493 e. The van der Waals surface area contributed by atoms with Crippen molar-refractivity contribution < 1.29 is 23.7 Å². The van der Waals surface area contributed by atoms with Crippen LogP contribution < -0.4 is 29.1 Å². The summed E-state index contributed by atoms with van der Waals surface area (Å²) in [7, 11) is 1.53. The van der Waals surface area contributed by atoms with Crippen LogP contribution in [-0.2, 0) is 9.53 Å². The SMILES string of the molecule is C#CCOc1c(/C=c2\sc3n(c2=O)[C@@H](c2ccccc2OC(C)C)C(C(=O)OCC)=C(C)N=3)cc(Br)cc1OC. The molecule has 0 aliphatic carbocycles. The van der Waals surface area contributed by atoms with Crippen molar-refractivity contribution in [3.8, 4) is 29.6 Å². The average molecular weight is 626 g/mol. The lowest BCUT2D eigenvalue weighted by Gasteiger charge is -2.26. The van der Waals surface area contributed by atoms with Gasteiger partial charge in [-0.25, -0.2) is 9.79 Å². The molecule has 1 aliphatic heterocycles. The van der Waals surface area contributed by atoms with Crippen molar-refractivity contribution in [2.75, 3.05) is 20.3 Å². The number of fused-ring (bicyclic) bond motifs is 1. The van der Waals surface area contributed by atoms with Gasteiger partial charge in [0.1, 0.15) is 18.4 Å². The topological polar surface area (TPSA) is 88.4 Å². The van der Waals surface area contributed by atoms with Crippen LogP contribution in [0, 0.1) is 12.3 Å². The van der Waals surface area contributed by atoms with Gasteiger partial charge in [-0.1, -0.05) is 51.4 Å². The molecule has 1 aromatic heterocycles. The lowest BCUT2D eigenvalue weighted by atomic mass is 9.95. The number of halogens is 1. The van der Waals surface area contributed by atoms with Crippen molar-refractivity contribution in [2.45, 2.75) is 39.8 Å². The van der Waals surface area contributed by atoms with Gasteiger partial charge < -0.3 is 18.9 Å². The van der Waals surface area contributed by atoms with Gasteiger partial charge in [-0.3, -0.25) is 9.36 Å². The summed E-state index contributed by atoms with van der Waals surface area (Å²) in [5.74, 6) is 3.35. The van der Waals surface area contributed by atoms with Crippen molar-refractivity contribution in [3.63, 3.8) is 0 Å². The zero-order chi connectivity index (χ0) is 29.0. The number of hydrogen-bond donors (Lipinski definition) is 0. The predicted octanol–water partition coefficient (Wildman–Crippen LogP) is 4.37. The molecule has 1 aliphatic rings. The minimum Gasteiger partial charge on any atom is -0.493 e. The first-order valence-electron chi connectivity index (χ1n) is 12.6. The lowest BCUT2D eigenvalue weighted by Crippen LogP contribution is -2.40. The maximum atomic E-state index is 14.1. The van der Waals surface area contributed by atoms with Gasteiger partial charge in [0.25, 0.3) is 5.56 Å². The number of terminal acetylenes is 1. The number of rotatable bonds is 9. The Hall–Kier alpha value is -3.81. The van der Waals surface area contributed by atoms with Crippen molar-refractivity contribution in [1.29, 1.82) is 0 Å². The van der Waals surface area contributed by atoms with Gasteiger partial charge in [0.05, 0.1) is 35.6 Å². The molecule has 0 saturated carbocycles. The normalized spacial score (nSPS) is 14.8. The van der Waals surface area contributed by atoms with Crippen LogP contribution in [0.25, 0.3) is 6.08 Å². The molecule has 4 rings (SSSR count). The molecule has 0 amide bonds. The van der Waals surface area contributed by atoms with Crippen LogP contribution in [0.3, 0.4) is 0 Å². The summed E-state index contributed by atoms with van der Waals surface area (Å²) in [5.41, 5.74) is 1.67. The molecule has 2 heterocycles. The van der Waals surface area contributed by atoms with E-state index in [4.69, 9.17) is 25.4 Å². The third kappa shape index (κ3) is 5.86. The summed E-state index contributed by atoms with van der Waals surface area (Å²) >= 11 is 4.70. The van der Waals surface area contributed by atoms with E-state index in [9.17, 15) is 9.59 Å².